The molecule has 44 heavy (non-hydrogen) atoms. The van der Waals surface area contributed by atoms with E-state index in [1.165, 1.54) is 23.5 Å². The Balaban J connectivity index is 1.39. The fraction of sp³-hybridized carbons (Fsp3) is 0. The van der Waals surface area contributed by atoms with Gasteiger partial charge in [0, 0.05) is 50.4 Å². The molecule has 4 aromatic carbocycles. The number of para-hydroxylation sites is 2. The number of aromatic nitrogens is 3. The fourth-order valence-corrected chi connectivity index (χ4v) is 8.10. The van der Waals surface area contributed by atoms with Gasteiger partial charge >= 0.3 is 0 Å². The van der Waals surface area contributed by atoms with Crippen molar-refractivity contribution < 1.29 is 0 Å². The zero-order valence-corrected chi connectivity index (χ0v) is 25.2. The maximum atomic E-state index is 9.67. The van der Waals surface area contributed by atoms with Crippen LogP contribution in [0.4, 0.5) is 17.1 Å². The van der Waals surface area contributed by atoms with Crippen LogP contribution < -0.4 is 4.90 Å². The summed E-state index contributed by atoms with van der Waals surface area (Å²) in [7, 11) is 0. The number of hydrogen-bond donors (Lipinski definition) is 0. The van der Waals surface area contributed by atoms with Crippen molar-refractivity contribution in [2.24, 2.45) is 0 Å². The lowest BCUT2D eigenvalue weighted by atomic mass is 10.00. The number of thioether (sulfide) groups is 2. The normalized spacial score (nSPS) is 11.6. The van der Waals surface area contributed by atoms with Crippen LogP contribution in [0.3, 0.4) is 0 Å². The molecule has 1 aliphatic rings. The molecule has 0 fully saturated rings. The van der Waals surface area contributed by atoms with Gasteiger partial charge in [-0.1, -0.05) is 83.9 Å². The summed E-state index contributed by atoms with van der Waals surface area (Å²) in [6, 6.07) is 36.7. The standard InChI is InChI=1S/C35H18N6S3/c36-21-25(22-37)35-42-33-29(16-11-23-17-19-38-20-18-23)31-32(40-44-39-31)30(34(33)43-35)24-12-14-28(15-13-24)41(26-7-3-1-4-8-26)27-9-5-2-6-10-27/h1-10,12-15,17-20H. The predicted molar refractivity (Wildman–Crippen MR) is 178 cm³/mol. The van der Waals surface area contributed by atoms with E-state index in [1.54, 1.807) is 12.4 Å². The van der Waals surface area contributed by atoms with E-state index >= 15 is 0 Å². The highest BCUT2D eigenvalue weighted by Crippen LogP contribution is 2.58. The number of nitrogens with zero attached hydrogens (tertiary/aromatic N) is 6. The van der Waals surface area contributed by atoms with Crippen LogP contribution in [-0.2, 0) is 0 Å². The number of hydrogen-bond acceptors (Lipinski definition) is 9. The van der Waals surface area contributed by atoms with Crippen molar-refractivity contribution in [3.05, 3.63) is 130 Å². The molecule has 0 unspecified atom stereocenters. The van der Waals surface area contributed by atoms with E-state index in [-0.39, 0.29) is 5.57 Å². The van der Waals surface area contributed by atoms with E-state index in [4.69, 9.17) is 4.37 Å². The van der Waals surface area contributed by atoms with Gasteiger partial charge in [-0.05, 0) is 54.1 Å². The number of benzene rings is 4. The number of pyridine rings is 1. The molecule has 0 saturated carbocycles. The first-order valence-electron chi connectivity index (χ1n) is 13.4. The van der Waals surface area contributed by atoms with E-state index < -0.39 is 0 Å². The Morgan fingerprint density at radius 1 is 0.636 bits per heavy atom. The molecule has 206 valence electrons. The van der Waals surface area contributed by atoms with Crippen molar-refractivity contribution in [1.82, 2.24) is 13.7 Å². The summed E-state index contributed by atoms with van der Waals surface area (Å²) in [5, 5.41) is 19.3. The minimum Gasteiger partial charge on any atom is -0.311 e. The van der Waals surface area contributed by atoms with Crippen LogP contribution in [0.1, 0.15) is 11.1 Å². The van der Waals surface area contributed by atoms with E-state index in [9.17, 15) is 10.5 Å². The molecule has 0 saturated heterocycles. The van der Waals surface area contributed by atoms with Gasteiger partial charge in [0.05, 0.1) is 21.5 Å². The van der Waals surface area contributed by atoms with Crippen LogP contribution in [0.2, 0.25) is 0 Å². The SMILES string of the molecule is N#CC(C#N)=C1Sc2c(c(-c3ccc(N(c4ccccc4)c4ccccc4)cc3)c3nsnc3c2C#Cc2ccncc2)S1. The molecular formula is C35H18N6S3. The lowest BCUT2D eigenvalue weighted by molar-refractivity contribution is 1.26. The Morgan fingerprint density at radius 3 is 1.86 bits per heavy atom. The third kappa shape index (κ3) is 5.08. The second-order valence-corrected chi connectivity index (χ2v) is 12.3. The average Bonchev–Trinajstić information content (AvgIpc) is 3.74. The molecule has 0 radical (unpaired) electrons. The summed E-state index contributed by atoms with van der Waals surface area (Å²) in [6.07, 6.45) is 3.41. The molecular weight excluding hydrogens is 601 g/mol. The Kier molecular flexibility index (Phi) is 7.54. The second kappa shape index (κ2) is 12.1. The summed E-state index contributed by atoms with van der Waals surface area (Å²) in [5.74, 6) is 6.55. The summed E-state index contributed by atoms with van der Waals surface area (Å²) in [6.45, 7) is 0. The van der Waals surface area contributed by atoms with Crippen LogP contribution in [0.25, 0.3) is 22.2 Å². The van der Waals surface area contributed by atoms with Crippen molar-refractivity contribution in [3.63, 3.8) is 0 Å². The Bertz CT molecular complexity index is 2130. The molecule has 0 amide bonds. The first-order chi connectivity index (χ1) is 21.7. The molecule has 6 aromatic rings. The number of allylic oxidation sites excluding steroid dienone is 1. The maximum Gasteiger partial charge on any atom is 0.150 e. The zero-order valence-electron chi connectivity index (χ0n) is 22.8. The monoisotopic (exact) mass is 618 g/mol. The van der Waals surface area contributed by atoms with Gasteiger partial charge in [0.25, 0.3) is 0 Å². The molecule has 0 bridgehead atoms. The summed E-state index contributed by atoms with van der Waals surface area (Å²) < 4.78 is 10.0. The third-order valence-electron chi connectivity index (χ3n) is 6.89. The van der Waals surface area contributed by atoms with E-state index in [1.807, 2.05) is 48.5 Å². The van der Waals surface area contributed by atoms with Gasteiger partial charge in [-0.15, -0.1) is 0 Å². The maximum absolute atomic E-state index is 9.67. The first-order valence-corrected chi connectivity index (χ1v) is 15.8. The zero-order chi connectivity index (χ0) is 29.9. The van der Waals surface area contributed by atoms with Crippen molar-refractivity contribution in [1.29, 1.82) is 10.5 Å². The lowest BCUT2D eigenvalue weighted by Crippen LogP contribution is -2.09. The van der Waals surface area contributed by atoms with Crippen LogP contribution in [0.15, 0.2) is 129 Å². The minimum absolute atomic E-state index is 0.0790. The van der Waals surface area contributed by atoms with Gasteiger partial charge in [0.1, 0.15) is 28.7 Å². The van der Waals surface area contributed by atoms with Crippen molar-refractivity contribution in [3.8, 4) is 35.1 Å². The summed E-state index contributed by atoms with van der Waals surface area (Å²) in [4.78, 5) is 8.09. The first kappa shape index (κ1) is 27.5. The molecule has 0 atom stereocenters. The van der Waals surface area contributed by atoms with Crippen molar-refractivity contribution in [2.45, 2.75) is 9.79 Å². The molecule has 1 aliphatic heterocycles. The third-order valence-corrected chi connectivity index (χ3v) is 10.1. The molecule has 2 aromatic heterocycles. The molecule has 9 heteroatoms. The number of fused-ring (bicyclic) bond motifs is 2. The number of nitriles is 2. The fourth-order valence-electron chi connectivity index (χ4n) is 4.91. The van der Waals surface area contributed by atoms with Gasteiger partial charge in [0.2, 0.25) is 0 Å². The van der Waals surface area contributed by atoms with E-state index in [0.29, 0.717) is 9.75 Å². The summed E-state index contributed by atoms with van der Waals surface area (Å²) in [5.41, 5.74) is 8.08. The molecule has 7 rings (SSSR count). The van der Waals surface area contributed by atoms with Gasteiger partial charge in [0.15, 0.2) is 0 Å². The van der Waals surface area contributed by atoms with Crippen LogP contribution in [0, 0.1) is 34.5 Å². The highest BCUT2D eigenvalue weighted by Gasteiger charge is 2.31. The molecule has 0 N–H and O–H groups in total. The van der Waals surface area contributed by atoms with Gasteiger partial charge in [-0.25, -0.2) is 0 Å². The topological polar surface area (TPSA) is 89.5 Å². The quantitative estimate of drug-likeness (QED) is 0.143. The Morgan fingerprint density at radius 2 is 1.23 bits per heavy atom. The molecule has 0 spiro atoms. The van der Waals surface area contributed by atoms with E-state index in [0.717, 1.165) is 66.4 Å². The van der Waals surface area contributed by atoms with Crippen molar-refractivity contribution >= 4 is 63.3 Å². The van der Waals surface area contributed by atoms with Gasteiger partial charge in [-0.3, -0.25) is 4.98 Å². The average molecular weight is 619 g/mol. The molecule has 6 nitrogen and oxygen atoms in total. The highest BCUT2D eigenvalue weighted by atomic mass is 32.2. The minimum atomic E-state index is 0.0790. The second-order valence-electron chi connectivity index (χ2n) is 9.50. The summed E-state index contributed by atoms with van der Waals surface area (Å²) >= 11 is 3.96. The lowest BCUT2D eigenvalue weighted by Gasteiger charge is -2.25. The van der Waals surface area contributed by atoms with Gasteiger partial charge in [-0.2, -0.15) is 19.3 Å². The van der Waals surface area contributed by atoms with Crippen molar-refractivity contribution in [2.75, 3.05) is 4.90 Å². The van der Waals surface area contributed by atoms with E-state index in [2.05, 4.69) is 86.8 Å². The smallest absolute Gasteiger partial charge is 0.150 e. The molecule has 0 aliphatic carbocycles. The largest absolute Gasteiger partial charge is 0.311 e. The number of anilines is 3. The van der Waals surface area contributed by atoms with Crippen LogP contribution in [0.5, 0.6) is 0 Å². The Labute approximate surface area is 266 Å². The Hall–Kier alpha value is -5.37. The predicted octanol–water partition coefficient (Wildman–Crippen LogP) is 9.08. The van der Waals surface area contributed by atoms with Crippen LogP contribution in [-0.4, -0.2) is 13.7 Å². The molecule has 3 heterocycles. The van der Waals surface area contributed by atoms with Crippen LogP contribution >= 0.6 is 35.3 Å². The number of rotatable bonds is 4. The van der Waals surface area contributed by atoms with Gasteiger partial charge < -0.3 is 4.90 Å². The highest BCUT2D eigenvalue weighted by molar-refractivity contribution is 8.24.